The first kappa shape index (κ1) is 43.7. The van der Waals surface area contributed by atoms with Gasteiger partial charge in [-0.05, 0) is 50.3 Å². The average Bonchev–Trinajstić information content (AvgIpc) is 3.60. The summed E-state index contributed by atoms with van der Waals surface area (Å²) in [5.74, 6) is -3.70. The van der Waals surface area contributed by atoms with Crippen molar-refractivity contribution >= 4 is 31.4 Å². The van der Waals surface area contributed by atoms with E-state index < -0.39 is 78.6 Å². The molecule has 0 saturated carbocycles. The van der Waals surface area contributed by atoms with E-state index in [1.807, 2.05) is 50.2 Å². The Balaban J connectivity index is 0.996. The van der Waals surface area contributed by atoms with Crippen molar-refractivity contribution in [2.75, 3.05) is 26.5 Å². The number of ether oxygens (including phenoxy) is 2. The third kappa shape index (κ3) is 9.39. The van der Waals surface area contributed by atoms with Crippen LogP contribution in [0.3, 0.4) is 0 Å². The van der Waals surface area contributed by atoms with Gasteiger partial charge in [-0.15, -0.1) is 0 Å². The summed E-state index contributed by atoms with van der Waals surface area (Å²) in [6.07, 6.45) is 2.36. The van der Waals surface area contributed by atoms with Gasteiger partial charge < -0.3 is 34.0 Å². The molecule has 4 aliphatic heterocycles. The molecule has 4 aliphatic rings. The van der Waals surface area contributed by atoms with Crippen LogP contribution in [0.5, 0.6) is 5.75 Å². The number of carbonyl (C=O) groups excluding carboxylic acids is 3. The van der Waals surface area contributed by atoms with Gasteiger partial charge in [0, 0.05) is 49.9 Å². The molecule has 3 aromatic carbocycles. The zero-order valence-corrected chi connectivity index (χ0v) is 35.5. The Morgan fingerprint density at radius 3 is 2.29 bits per heavy atom. The zero-order valence-electron chi connectivity index (χ0n) is 34.6. The van der Waals surface area contributed by atoms with Gasteiger partial charge in [0.25, 0.3) is 11.8 Å². The van der Waals surface area contributed by atoms with E-state index in [1.54, 1.807) is 29.2 Å². The van der Waals surface area contributed by atoms with Crippen LogP contribution in [0, 0.1) is 11.6 Å². The molecular weight excluding hydrogens is 843 g/mol. The van der Waals surface area contributed by atoms with Crippen LogP contribution in [0.4, 0.5) is 13.6 Å². The number of hydrogen-bond acceptors (Lipinski definition) is 12. The maximum atomic E-state index is 14.5. The lowest BCUT2D eigenvalue weighted by Crippen LogP contribution is -2.53. The van der Waals surface area contributed by atoms with E-state index in [-0.39, 0.29) is 56.8 Å². The van der Waals surface area contributed by atoms with Crippen molar-refractivity contribution in [3.63, 3.8) is 0 Å². The smallest absolute Gasteiger partial charge is 0.451 e. The molecular formula is C44H46F2N5O11P. The number of carbonyl (C=O) groups is 3. The number of halogens is 2. The minimum Gasteiger partial charge on any atom is -0.451 e. The molecule has 3 amide bonds. The number of amides is 3. The molecule has 19 heteroatoms. The molecule has 4 atom stereocenters. The topological polar surface area (TPSA) is 177 Å². The average molecular weight is 890 g/mol. The van der Waals surface area contributed by atoms with Crippen molar-refractivity contribution in [2.45, 2.75) is 83.0 Å². The Bertz CT molecular complexity index is 2460. The summed E-state index contributed by atoms with van der Waals surface area (Å²) in [6.45, 7) is 2.59. The molecule has 0 unspecified atom stereocenters. The molecule has 4 aromatic rings. The van der Waals surface area contributed by atoms with E-state index in [0.29, 0.717) is 31.7 Å². The van der Waals surface area contributed by atoms with Gasteiger partial charge in [0.15, 0.2) is 11.3 Å². The lowest BCUT2D eigenvalue weighted by Gasteiger charge is -2.42. The minimum atomic E-state index is -4.15. The molecule has 2 bridgehead atoms. The second kappa shape index (κ2) is 18.4. The van der Waals surface area contributed by atoms with Crippen LogP contribution in [0.1, 0.15) is 83.1 Å². The fraction of sp³-hybridized carbons (Fsp3) is 0.386. The number of pyridine rings is 1. The summed E-state index contributed by atoms with van der Waals surface area (Å²) in [5, 5.41) is 6.74. The number of phosphoric ester groups is 1. The maximum Gasteiger partial charge on any atom is 0.475 e. The van der Waals surface area contributed by atoms with Crippen molar-refractivity contribution < 1.29 is 55.6 Å². The summed E-state index contributed by atoms with van der Waals surface area (Å²) in [7, 11) is -4.15. The summed E-state index contributed by atoms with van der Waals surface area (Å²) < 4.78 is 71.9. The molecule has 1 N–H and O–H groups in total. The van der Waals surface area contributed by atoms with E-state index in [9.17, 15) is 32.5 Å². The Kier molecular flexibility index (Phi) is 12.8. The van der Waals surface area contributed by atoms with E-state index >= 15 is 0 Å². The molecule has 5 heterocycles. The van der Waals surface area contributed by atoms with Crippen LogP contribution < -0.4 is 15.5 Å². The lowest BCUT2D eigenvalue weighted by molar-refractivity contribution is -0.0658. The molecule has 0 radical (unpaired) electrons. The number of rotatable bonds is 15. The molecule has 1 aromatic heterocycles. The first-order valence-corrected chi connectivity index (χ1v) is 22.0. The highest BCUT2D eigenvalue weighted by Crippen LogP contribution is 2.52. The molecule has 8 rings (SSSR count). The van der Waals surface area contributed by atoms with Gasteiger partial charge in [0.2, 0.25) is 18.0 Å². The summed E-state index contributed by atoms with van der Waals surface area (Å²) in [6, 6.07) is 19.6. The van der Waals surface area contributed by atoms with Crippen molar-refractivity contribution in [3.05, 3.63) is 135 Å². The molecule has 16 nitrogen and oxygen atoms in total. The van der Waals surface area contributed by atoms with Gasteiger partial charge in [-0.1, -0.05) is 71.9 Å². The Hall–Kier alpha value is -5.94. The second-order valence-electron chi connectivity index (χ2n) is 16.0. The fourth-order valence-corrected chi connectivity index (χ4v) is 9.36. The van der Waals surface area contributed by atoms with Gasteiger partial charge in [0.1, 0.15) is 17.2 Å². The molecule has 2 fully saturated rings. The van der Waals surface area contributed by atoms with E-state index in [4.69, 9.17) is 27.9 Å². The van der Waals surface area contributed by atoms with Crippen molar-refractivity contribution in [1.82, 2.24) is 19.7 Å². The monoisotopic (exact) mass is 889 g/mol. The fourth-order valence-electron chi connectivity index (χ4n) is 8.16. The highest BCUT2D eigenvalue weighted by Gasteiger charge is 2.54. The summed E-state index contributed by atoms with van der Waals surface area (Å²) in [5.41, 5.74) is -0.340. The van der Waals surface area contributed by atoms with Crippen LogP contribution in [0.2, 0.25) is 0 Å². The van der Waals surface area contributed by atoms with Crippen LogP contribution in [0.25, 0.3) is 0 Å². The predicted molar refractivity (Wildman–Crippen MR) is 222 cm³/mol. The van der Waals surface area contributed by atoms with Crippen molar-refractivity contribution in [1.29, 1.82) is 0 Å². The highest BCUT2D eigenvalue weighted by molar-refractivity contribution is 7.48. The van der Waals surface area contributed by atoms with Gasteiger partial charge in [-0.25, -0.2) is 18.1 Å². The Morgan fingerprint density at radius 2 is 1.67 bits per heavy atom. The van der Waals surface area contributed by atoms with Gasteiger partial charge in [-0.3, -0.25) is 28.0 Å². The molecule has 0 aliphatic carbocycles. The van der Waals surface area contributed by atoms with Crippen molar-refractivity contribution in [3.8, 4) is 5.75 Å². The SMILES string of the molecule is CC1=NO[C@@]2(CC[C@H](C)N3C[C@H]2n2cc(C(=O)NCc4ccc(F)cc4F)c(=O)c(OCOC(=O)N4CC[C@H]4COP(=O)(OCc4ccccc4)OCc4ccccc4)c2C3=O)C1. The number of fused-ring (bicyclic) bond motifs is 5. The number of nitrogens with zero attached hydrogens (tertiary/aromatic N) is 4. The zero-order chi connectivity index (χ0) is 44.3. The number of hydrogen-bond donors (Lipinski definition) is 1. The largest absolute Gasteiger partial charge is 0.475 e. The quantitative estimate of drug-likeness (QED) is 0.0973. The highest BCUT2D eigenvalue weighted by atomic mass is 31.2. The molecule has 1 spiro atoms. The molecule has 2 saturated heterocycles. The van der Waals surface area contributed by atoms with E-state index in [2.05, 4.69) is 10.5 Å². The van der Waals surface area contributed by atoms with E-state index in [1.165, 1.54) is 21.7 Å². The second-order valence-corrected chi connectivity index (χ2v) is 17.6. The number of nitrogens with one attached hydrogen (secondary N) is 1. The number of likely N-dealkylation sites (tertiary alicyclic amines) is 1. The summed E-state index contributed by atoms with van der Waals surface area (Å²) >= 11 is 0. The first-order valence-electron chi connectivity index (χ1n) is 20.5. The number of benzene rings is 3. The van der Waals surface area contributed by atoms with Gasteiger partial charge in [0.05, 0.1) is 37.6 Å². The van der Waals surface area contributed by atoms with Crippen LogP contribution in [0.15, 0.2) is 95.0 Å². The Labute approximate surface area is 361 Å². The van der Waals surface area contributed by atoms with Crippen molar-refractivity contribution in [2.24, 2.45) is 5.16 Å². The standard InChI is InChI=1S/C44H46F2N5O11P/c1-28-20-44(62-48-28)17-15-29(2)50-23-37(44)51-22-35(41(53)47-21-32-13-14-33(45)19-36(32)46)39(52)40(38(51)42(50)54)57-27-58-43(55)49-18-16-34(49)26-61-63(56,59-24-30-9-5-3-6-10-30)60-25-31-11-7-4-8-12-31/h3-14,19,22,29,34,37H,15-18,20-21,23-27H2,1-2H3,(H,47,53)/t29-,34-,37+,44-/m0/s1. The first-order chi connectivity index (χ1) is 30.3. The third-order valence-electron chi connectivity index (χ3n) is 11.8. The third-order valence-corrected chi connectivity index (χ3v) is 13.1. The number of phosphoric acid groups is 1. The number of oxime groups is 1. The number of aromatic nitrogens is 1. The Morgan fingerprint density at radius 1 is 0.968 bits per heavy atom. The molecule has 63 heavy (non-hydrogen) atoms. The lowest BCUT2D eigenvalue weighted by atomic mass is 9.84. The minimum absolute atomic E-state index is 0.0300. The van der Waals surface area contributed by atoms with Gasteiger partial charge in [-0.2, -0.15) is 0 Å². The van der Waals surface area contributed by atoms with Crippen LogP contribution >= 0.6 is 7.82 Å². The maximum absolute atomic E-state index is 14.5. The predicted octanol–water partition coefficient (Wildman–Crippen LogP) is 6.88. The van der Waals surface area contributed by atoms with Crippen LogP contribution in [-0.4, -0.2) is 82.2 Å². The van der Waals surface area contributed by atoms with Crippen LogP contribution in [-0.2, 0) is 47.5 Å². The normalized spacial score (nSPS) is 21.5. The molecule has 332 valence electrons. The summed E-state index contributed by atoms with van der Waals surface area (Å²) in [4.78, 5) is 64.7. The van der Waals surface area contributed by atoms with Gasteiger partial charge >= 0.3 is 13.9 Å². The van der Waals surface area contributed by atoms with E-state index in [0.717, 1.165) is 22.9 Å².